The average Bonchev–Trinajstić information content (AvgIpc) is 2.62. The van der Waals surface area contributed by atoms with Gasteiger partial charge in [-0.15, -0.1) is 12.4 Å². The van der Waals surface area contributed by atoms with E-state index in [1.807, 2.05) is 0 Å². The van der Waals surface area contributed by atoms with Gasteiger partial charge in [0.25, 0.3) is 0 Å². The highest BCUT2D eigenvalue weighted by atomic mass is 35.5. The molecule has 29 heavy (non-hydrogen) atoms. The van der Waals surface area contributed by atoms with E-state index in [9.17, 15) is 8.78 Å². The number of nitrogens with zero attached hydrogens (tertiary/aromatic N) is 2. The van der Waals surface area contributed by atoms with Crippen LogP contribution in [0.4, 0.5) is 20.2 Å². The van der Waals surface area contributed by atoms with Gasteiger partial charge in [-0.3, -0.25) is 9.98 Å². The monoisotopic (exact) mass is 438 g/mol. The largest absolute Gasteiger partial charge is 0.386 e. The summed E-state index contributed by atoms with van der Waals surface area (Å²) in [6.45, 7) is 2.18. The maximum absolute atomic E-state index is 14.5. The minimum absolute atomic E-state index is 0. The fraction of sp³-hybridized carbons (Fsp3) is 0.200. The number of amidine groups is 1. The highest BCUT2D eigenvalue weighted by Crippen LogP contribution is 2.34. The number of nitrogens with one attached hydrogen (secondary N) is 1. The number of benzene rings is 2. The minimum Gasteiger partial charge on any atom is -0.386 e. The number of aliphatic imine (C=N–C) groups is 1. The summed E-state index contributed by atoms with van der Waals surface area (Å²) in [5, 5.41) is 4.08. The van der Waals surface area contributed by atoms with Crippen molar-refractivity contribution in [2.75, 3.05) is 18.5 Å². The first kappa shape index (κ1) is 21.2. The molecule has 0 radical (unpaired) electrons. The quantitative estimate of drug-likeness (QED) is 0.607. The van der Waals surface area contributed by atoms with Gasteiger partial charge < -0.3 is 15.8 Å². The van der Waals surface area contributed by atoms with E-state index in [2.05, 4.69) is 15.3 Å². The Morgan fingerprint density at radius 3 is 2.76 bits per heavy atom. The lowest BCUT2D eigenvalue weighted by Crippen LogP contribution is -2.38. The van der Waals surface area contributed by atoms with Crippen LogP contribution in [-0.2, 0) is 10.3 Å². The van der Waals surface area contributed by atoms with E-state index in [-0.39, 0.29) is 25.6 Å². The predicted molar refractivity (Wildman–Crippen MR) is 113 cm³/mol. The maximum Gasteiger partial charge on any atom is 0.129 e. The van der Waals surface area contributed by atoms with Crippen LogP contribution in [0, 0.1) is 11.6 Å². The Labute approximate surface area is 177 Å². The van der Waals surface area contributed by atoms with E-state index < -0.39 is 17.2 Å². The Hall–Kier alpha value is -2.48. The van der Waals surface area contributed by atoms with Gasteiger partial charge in [-0.2, -0.15) is 0 Å². The molecule has 0 amide bonds. The molecule has 0 saturated carbocycles. The summed E-state index contributed by atoms with van der Waals surface area (Å²) in [7, 11) is 0. The molecule has 0 aliphatic carbocycles. The number of anilines is 2. The third-order valence-corrected chi connectivity index (χ3v) is 4.77. The molecule has 0 spiro atoms. The van der Waals surface area contributed by atoms with Crippen molar-refractivity contribution in [3.8, 4) is 0 Å². The van der Waals surface area contributed by atoms with E-state index in [4.69, 9.17) is 22.1 Å². The third-order valence-electron chi connectivity index (χ3n) is 4.56. The zero-order chi connectivity index (χ0) is 19.9. The molecule has 3 N–H and O–H groups in total. The Kier molecular flexibility index (Phi) is 5.93. The first-order chi connectivity index (χ1) is 13.3. The Morgan fingerprint density at radius 1 is 1.21 bits per heavy atom. The molecule has 152 valence electrons. The Bertz CT molecular complexity index is 1100. The van der Waals surface area contributed by atoms with Gasteiger partial charge in [-0.1, -0.05) is 11.6 Å². The number of nitrogens with two attached hydrogens (primary N) is 1. The molecule has 3 aromatic rings. The summed E-state index contributed by atoms with van der Waals surface area (Å²) < 4.78 is 34.0. The summed E-state index contributed by atoms with van der Waals surface area (Å²) in [5.74, 6) is -0.556. The van der Waals surface area contributed by atoms with Gasteiger partial charge in [0, 0.05) is 22.8 Å². The van der Waals surface area contributed by atoms with E-state index in [1.165, 1.54) is 24.4 Å². The number of pyridine rings is 1. The minimum atomic E-state index is -0.945. The van der Waals surface area contributed by atoms with Gasteiger partial charge in [-0.05, 0) is 43.3 Å². The van der Waals surface area contributed by atoms with Gasteiger partial charge in [0.05, 0.1) is 22.8 Å². The van der Waals surface area contributed by atoms with Gasteiger partial charge in [0.1, 0.15) is 29.6 Å². The normalized spacial score (nSPS) is 18.8. The average molecular weight is 439 g/mol. The van der Waals surface area contributed by atoms with Crippen LogP contribution in [0.3, 0.4) is 0 Å². The number of hydrogen-bond acceptors (Lipinski definition) is 5. The number of fused-ring (bicyclic) bond motifs is 1. The standard InChI is InChI=1S/C20H17ClF2N4O.ClH/c1-20(10-28-9-18(24)27-20)15-7-14(2-3-16(15)23)26-17-6-13(22)5-11-4-12(21)8-25-19(11)17;/h2-8,26H,9-10H2,1H3,(H2,24,27);1H. The molecule has 2 aromatic carbocycles. The maximum atomic E-state index is 14.5. The summed E-state index contributed by atoms with van der Waals surface area (Å²) in [4.78, 5) is 8.66. The summed E-state index contributed by atoms with van der Waals surface area (Å²) in [5.41, 5.74) is 6.71. The van der Waals surface area contributed by atoms with Crippen molar-refractivity contribution in [3.05, 3.63) is 64.8 Å². The Balaban J connectivity index is 0.00000240. The van der Waals surface area contributed by atoms with Crippen molar-refractivity contribution in [1.29, 1.82) is 0 Å². The van der Waals surface area contributed by atoms with Crippen molar-refractivity contribution in [2.45, 2.75) is 12.5 Å². The summed E-state index contributed by atoms with van der Waals surface area (Å²) in [6, 6.07) is 8.82. The first-order valence-corrected chi connectivity index (χ1v) is 8.96. The van der Waals surface area contributed by atoms with E-state index in [1.54, 1.807) is 25.1 Å². The number of ether oxygens (including phenoxy) is 1. The van der Waals surface area contributed by atoms with Crippen molar-refractivity contribution < 1.29 is 13.5 Å². The molecule has 5 nitrogen and oxygen atoms in total. The van der Waals surface area contributed by atoms with Crippen molar-refractivity contribution in [3.63, 3.8) is 0 Å². The highest BCUT2D eigenvalue weighted by molar-refractivity contribution is 6.31. The number of hydrogen-bond donors (Lipinski definition) is 2. The van der Waals surface area contributed by atoms with Crippen LogP contribution in [0.15, 0.2) is 47.6 Å². The van der Waals surface area contributed by atoms with Crippen LogP contribution in [0.2, 0.25) is 5.02 Å². The van der Waals surface area contributed by atoms with Gasteiger partial charge in [0.2, 0.25) is 0 Å². The third kappa shape index (κ3) is 4.27. The molecular weight excluding hydrogens is 421 g/mol. The lowest BCUT2D eigenvalue weighted by molar-refractivity contribution is 0.104. The SMILES string of the molecule is CC1(c2cc(Nc3cc(F)cc4cc(Cl)cnc34)ccc2F)COCC(N)=N1.Cl. The molecule has 0 fully saturated rings. The van der Waals surface area contributed by atoms with Crippen molar-refractivity contribution in [2.24, 2.45) is 10.7 Å². The molecule has 4 rings (SSSR count). The zero-order valence-electron chi connectivity index (χ0n) is 15.4. The topological polar surface area (TPSA) is 72.5 Å². The molecule has 0 saturated heterocycles. The van der Waals surface area contributed by atoms with Crippen LogP contribution in [0.1, 0.15) is 12.5 Å². The molecule has 2 heterocycles. The summed E-state index contributed by atoms with van der Waals surface area (Å²) in [6.07, 6.45) is 1.49. The van der Waals surface area contributed by atoms with E-state index >= 15 is 0 Å². The first-order valence-electron chi connectivity index (χ1n) is 8.58. The molecule has 1 aromatic heterocycles. The van der Waals surface area contributed by atoms with Crippen LogP contribution in [0.25, 0.3) is 10.9 Å². The fourth-order valence-electron chi connectivity index (χ4n) is 3.33. The van der Waals surface area contributed by atoms with Crippen molar-refractivity contribution >= 4 is 52.1 Å². The number of rotatable bonds is 3. The molecule has 1 atom stereocenters. The number of halogens is 4. The zero-order valence-corrected chi connectivity index (χ0v) is 17.0. The van der Waals surface area contributed by atoms with Gasteiger partial charge in [0.15, 0.2) is 0 Å². The molecule has 1 aliphatic heterocycles. The fourth-order valence-corrected chi connectivity index (χ4v) is 3.49. The van der Waals surface area contributed by atoms with Crippen LogP contribution < -0.4 is 11.1 Å². The second-order valence-electron chi connectivity index (χ2n) is 6.87. The van der Waals surface area contributed by atoms with E-state index in [0.29, 0.717) is 38.7 Å². The van der Waals surface area contributed by atoms with Crippen LogP contribution in [-0.4, -0.2) is 24.0 Å². The lowest BCUT2D eigenvalue weighted by atomic mass is 9.91. The highest BCUT2D eigenvalue weighted by Gasteiger charge is 2.32. The van der Waals surface area contributed by atoms with Crippen molar-refractivity contribution in [1.82, 2.24) is 4.98 Å². The summed E-state index contributed by atoms with van der Waals surface area (Å²) >= 11 is 5.95. The molecule has 1 unspecified atom stereocenters. The Morgan fingerprint density at radius 2 is 2.00 bits per heavy atom. The van der Waals surface area contributed by atoms with Gasteiger partial charge in [-0.25, -0.2) is 8.78 Å². The molecule has 0 bridgehead atoms. The second-order valence-corrected chi connectivity index (χ2v) is 7.30. The molecule has 1 aliphatic rings. The number of aromatic nitrogens is 1. The molecule has 9 heteroatoms. The smallest absolute Gasteiger partial charge is 0.129 e. The van der Waals surface area contributed by atoms with Crippen LogP contribution in [0.5, 0.6) is 0 Å². The second kappa shape index (κ2) is 8.10. The van der Waals surface area contributed by atoms with Gasteiger partial charge >= 0.3 is 0 Å². The van der Waals surface area contributed by atoms with E-state index in [0.717, 1.165) is 0 Å². The molecular formula is C20H18Cl2F2N4O. The lowest BCUT2D eigenvalue weighted by Gasteiger charge is -2.30. The van der Waals surface area contributed by atoms with Crippen LogP contribution >= 0.6 is 24.0 Å². The predicted octanol–water partition coefficient (Wildman–Crippen LogP) is 4.93.